The molecule has 6 nitrogen and oxygen atoms in total. The van der Waals surface area contributed by atoms with Crippen LogP contribution in [0.4, 0.5) is 22.0 Å². The molecule has 0 saturated carbocycles. The van der Waals surface area contributed by atoms with Crippen molar-refractivity contribution in [2.24, 2.45) is 0 Å². The summed E-state index contributed by atoms with van der Waals surface area (Å²) in [7, 11) is 1.47. The van der Waals surface area contributed by atoms with Gasteiger partial charge in [-0.05, 0) is 12.6 Å². The van der Waals surface area contributed by atoms with Crippen LogP contribution in [0.5, 0.6) is 5.75 Å². The maximum Gasteiger partial charge on any atom is 0.421 e. The molecule has 2 heterocycles. The van der Waals surface area contributed by atoms with Gasteiger partial charge in [-0.3, -0.25) is 0 Å². The van der Waals surface area contributed by atoms with Crippen LogP contribution in [0.25, 0.3) is 0 Å². The van der Waals surface area contributed by atoms with Crippen molar-refractivity contribution in [1.82, 2.24) is 4.90 Å². The summed E-state index contributed by atoms with van der Waals surface area (Å²) in [5, 5.41) is 0. The molecule has 0 amide bonds. The molecular weight excluding hydrogens is 429 g/mol. The van der Waals surface area contributed by atoms with Gasteiger partial charge in [-0.15, -0.1) is 0 Å². The number of piperidine rings is 1. The molecular formula is C20H14F5NO5. The lowest BCUT2D eigenvalue weighted by Gasteiger charge is -2.47. The third-order valence-corrected chi connectivity index (χ3v) is 5.38. The predicted molar refractivity (Wildman–Crippen MR) is 91.8 cm³/mol. The quantitative estimate of drug-likeness (QED) is 0.239. The highest BCUT2D eigenvalue weighted by atomic mass is 19.2. The molecule has 31 heavy (non-hydrogen) atoms. The summed E-state index contributed by atoms with van der Waals surface area (Å²) < 4.78 is 85.4. The van der Waals surface area contributed by atoms with Crippen molar-refractivity contribution < 1.29 is 45.8 Å². The normalized spacial score (nSPS) is 23.0. The average Bonchev–Trinajstić information content (AvgIpc) is 3.05. The third-order valence-electron chi connectivity index (χ3n) is 5.38. The second kappa shape index (κ2) is 7.19. The molecule has 2 aromatic rings. The zero-order chi connectivity index (χ0) is 22.6. The molecule has 164 valence electrons. The van der Waals surface area contributed by atoms with Crippen LogP contribution in [0.2, 0.25) is 0 Å². The molecule has 2 aromatic carbocycles. The van der Waals surface area contributed by atoms with Crippen LogP contribution in [0.1, 0.15) is 18.4 Å². The summed E-state index contributed by atoms with van der Waals surface area (Å²) >= 11 is 0. The number of benzene rings is 2. The van der Waals surface area contributed by atoms with Gasteiger partial charge in [0.05, 0.1) is 6.42 Å². The minimum absolute atomic E-state index is 0.0187. The first-order valence-electron chi connectivity index (χ1n) is 9.04. The molecule has 1 spiro atoms. The van der Waals surface area contributed by atoms with Crippen LogP contribution in [-0.4, -0.2) is 36.3 Å². The van der Waals surface area contributed by atoms with E-state index in [0.717, 1.165) is 0 Å². The Hall–Kier alpha value is -3.21. The highest BCUT2D eigenvalue weighted by Gasteiger charge is 2.60. The number of carbonyl (C=O) groups excluding carboxylic acids is 2. The van der Waals surface area contributed by atoms with Crippen molar-refractivity contribution in [3.63, 3.8) is 0 Å². The first-order valence-corrected chi connectivity index (χ1v) is 9.04. The SMILES string of the molecule is CN1CCC(Oc2c(F)c(F)c(F)c(F)c2F)(c2ccccc2)CC12OC(=O)C(=O)O2. The van der Waals surface area contributed by atoms with E-state index in [1.165, 1.54) is 24.1 Å². The molecule has 2 aliphatic heterocycles. The number of carbonyl (C=O) groups is 2. The predicted octanol–water partition coefficient (Wildman–Crippen LogP) is 3.14. The van der Waals surface area contributed by atoms with Crippen LogP contribution in [-0.2, 0) is 24.7 Å². The number of nitrogens with zero attached hydrogens (tertiary/aromatic N) is 1. The molecule has 2 fully saturated rings. The largest absolute Gasteiger partial charge is 0.476 e. The van der Waals surface area contributed by atoms with E-state index in [-0.39, 0.29) is 18.5 Å². The van der Waals surface area contributed by atoms with Gasteiger partial charge < -0.3 is 14.2 Å². The van der Waals surface area contributed by atoms with Crippen molar-refractivity contribution in [3.05, 3.63) is 65.0 Å². The van der Waals surface area contributed by atoms with Crippen LogP contribution in [0.15, 0.2) is 30.3 Å². The summed E-state index contributed by atoms with van der Waals surface area (Å²) in [6.07, 6.45) is -0.513. The Morgan fingerprint density at radius 3 is 1.94 bits per heavy atom. The first kappa shape index (κ1) is 21.0. The zero-order valence-corrected chi connectivity index (χ0v) is 15.9. The van der Waals surface area contributed by atoms with Crippen LogP contribution in [0, 0.1) is 29.1 Å². The number of rotatable bonds is 3. The van der Waals surface area contributed by atoms with Gasteiger partial charge in [0.2, 0.25) is 29.1 Å². The number of hydrogen-bond acceptors (Lipinski definition) is 6. The highest BCUT2D eigenvalue weighted by molar-refractivity contribution is 6.31. The van der Waals surface area contributed by atoms with Gasteiger partial charge in [0.1, 0.15) is 5.60 Å². The summed E-state index contributed by atoms with van der Waals surface area (Å²) in [4.78, 5) is 24.8. The molecule has 1 atom stereocenters. The van der Waals surface area contributed by atoms with E-state index in [0.29, 0.717) is 0 Å². The molecule has 0 aliphatic carbocycles. The van der Waals surface area contributed by atoms with Gasteiger partial charge in [0.15, 0.2) is 5.75 Å². The Balaban J connectivity index is 1.86. The molecule has 0 bridgehead atoms. The van der Waals surface area contributed by atoms with E-state index in [1.807, 2.05) is 0 Å². The van der Waals surface area contributed by atoms with Gasteiger partial charge in [-0.2, -0.15) is 8.78 Å². The number of esters is 2. The van der Waals surface area contributed by atoms with E-state index in [4.69, 9.17) is 14.2 Å². The Labute approximate surface area is 172 Å². The maximum absolute atomic E-state index is 14.4. The average molecular weight is 443 g/mol. The van der Waals surface area contributed by atoms with Crippen LogP contribution >= 0.6 is 0 Å². The Morgan fingerprint density at radius 2 is 1.39 bits per heavy atom. The molecule has 4 rings (SSSR count). The highest BCUT2D eigenvalue weighted by Crippen LogP contribution is 2.47. The fraction of sp³-hybridized carbons (Fsp3) is 0.300. The second-order valence-electron chi connectivity index (χ2n) is 7.20. The molecule has 1 unspecified atom stereocenters. The molecule has 0 N–H and O–H groups in total. The summed E-state index contributed by atoms with van der Waals surface area (Å²) in [6.45, 7) is 0.0187. The van der Waals surface area contributed by atoms with Crippen molar-refractivity contribution >= 4 is 11.9 Å². The van der Waals surface area contributed by atoms with Gasteiger partial charge in [0, 0.05) is 13.0 Å². The smallest absolute Gasteiger partial charge is 0.421 e. The monoisotopic (exact) mass is 443 g/mol. The van der Waals surface area contributed by atoms with E-state index >= 15 is 0 Å². The van der Waals surface area contributed by atoms with E-state index in [9.17, 15) is 31.5 Å². The maximum atomic E-state index is 14.4. The van der Waals surface area contributed by atoms with E-state index in [1.54, 1.807) is 18.2 Å². The van der Waals surface area contributed by atoms with Crippen LogP contribution in [0.3, 0.4) is 0 Å². The lowest BCUT2D eigenvalue weighted by Crippen LogP contribution is -2.59. The van der Waals surface area contributed by atoms with Crippen molar-refractivity contribution in [2.45, 2.75) is 24.4 Å². The number of likely N-dealkylation sites (tertiary alicyclic amines) is 1. The zero-order valence-electron chi connectivity index (χ0n) is 15.9. The van der Waals surface area contributed by atoms with Crippen LogP contribution < -0.4 is 4.74 Å². The summed E-state index contributed by atoms with van der Waals surface area (Å²) in [5.74, 6) is -17.0. The summed E-state index contributed by atoms with van der Waals surface area (Å²) in [6, 6.07) is 7.77. The molecule has 0 aromatic heterocycles. The van der Waals surface area contributed by atoms with Crippen molar-refractivity contribution in [1.29, 1.82) is 0 Å². The molecule has 2 aliphatic rings. The number of hydrogen-bond donors (Lipinski definition) is 0. The standard InChI is InChI=1S/C20H14F5NO5/c1-26-8-7-19(10-5-3-2-4-6-10,9-20(26)30-17(27)18(28)31-20)29-16-14(24)12(22)11(21)13(23)15(16)25/h2-6H,7-9H2,1H3. The Kier molecular flexibility index (Phi) is 4.88. The second-order valence-corrected chi connectivity index (χ2v) is 7.20. The van der Waals surface area contributed by atoms with Crippen molar-refractivity contribution in [2.75, 3.05) is 13.6 Å². The van der Waals surface area contributed by atoms with E-state index < -0.39 is 64.7 Å². The van der Waals surface area contributed by atoms with Crippen molar-refractivity contribution in [3.8, 4) is 5.75 Å². The topological polar surface area (TPSA) is 65.1 Å². The van der Waals surface area contributed by atoms with Gasteiger partial charge >= 0.3 is 17.8 Å². The van der Waals surface area contributed by atoms with E-state index in [2.05, 4.69) is 0 Å². The number of halogens is 5. The summed E-state index contributed by atoms with van der Waals surface area (Å²) in [5.41, 5.74) is -1.48. The third kappa shape index (κ3) is 3.19. The lowest BCUT2D eigenvalue weighted by molar-refractivity contribution is -0.283. The van der Waals surface area contributed by atoms with Gasteiger partial charge in [-0.1, -0.05) is 30.3 Å². The Bertz CT molecular complexity index is 1030. The van der Waals surface area contributed by atoms with Gasteiger partial charge in [-0.25, -0.2) is 27.7 Å². The minimum atomic E-state index is -2.32. The van der Waals surface area contributed by atoms with Gasteiger partial charge in [0.25, 0.3) is 0 Å². The number of ether oxygens (including phenoxy) is 3. The molecule has 11 heteroatoms. The lowest BCUT2D eigenvalue weighted by atomic mass is 9.82. The fourth-order valence-corrected chi connectivity index (χ4v) is 3.73. The first-order chi connectivity index (χ1) is 14.6. The molecule has 0 radical (unpaired) electrons. The fourth-order valence-electron chi connectivity index (χ4n) is 3.73. The Morgan fingerprint density at radius 1 is 0.871 bits per heavy atom. The minimum Gasteiger partial charge on any atom is -0.476 e. The molecule has 2 saturated heterocycles.